The first-order valence-corrected chi connectivity index (χ1v) is 7.41. The zero-order valence-corrected chi connectivity index (χ0v) is 11.7. The van der Waals surface area contributed by atoms with Gasteiger partial charge in [-0.15, -0.1) is 0 Å². The van der Waals surface area contributed by atoms with Crippen LogP contribution in [-0.2, 0) is 4.74 Å². The molecule has 104 valence electrons. The minimum atomic E-state index is -0.351. The van der Waals surface area contributed by atoms with E-state index in [0.717, 1.165) is 32.3 Å². The Morgan fingerprint density at radius 1 is 1.32 bits per heavy atom. The van der Waals surface area contributed by atoms with E-state index in [1.165, 1.54) is 12.8 Å². The van der Waals surface area contributed by atoms with Gasteiger partial charge in [-0.05, 0) is 37.8 Å². The summed E-state index contributed by atoms with van der Waals surface area (Å²) in [7, 11) is 0. The van der Waals surface area contributed by atoms with Gasteiger partial charge in [0.25, 0.3) is 0 Å². The number of nitrogens with one attached hydrogen (secondary N) is 1. The van der Waals surface area contributed by atoms with E-state index in [1.807, 2.05) is 0 Å². The Morgan fingerprint density at radius 2 is 2.11 bits per heavy atom. The second-order valence-corrected chi connectivity index (χ2v) is 6.08. The van der Waals surface area contributed by atoms with Gasteiger partial charge in [0.1, 0.15) is 0 Å². The van der Waals surface area contributed by atoms with Crippen LogP contribution in [0.1, 0.15) is 38.5 Å². The summed E-state index contributed by atoms with van der Waals surface area (Å²) in [6.45, 7) is 0.764. The molecule has 2 aliphatic rings. The molecule has 1 saturated carbocycles. The normalized spacial score (nSPS) is 25.7. The molecule has 1 aromatic carbocycles. The quantitative estimate of drug-likeness (QED) is 0.869. The molecule has 2 fully saturated rings. The summed E-state index contributed by atoms with van der Waals surface area (Å²) in [4.78, 5) is 0. The van der Waals surface area contributed by atoms with Crippen molar-refractivity contribution in [1.82, 2.24) is 0 Å². The fourth-order valence-electron chi connectivity index (χ4n) is 3.35. The van der Waals surface area contributed by atoms with Crippen molar-refractivity contribution < 1.29 is 9.13 Å². The van der Waals surface area contributed by atoms with Gasteiger partial charge in [-0.1, -0.05) is 30.5 Å². The molecule has 1 heterocycles. The Morgan fingerprint density at radius 3 is 2.89 bits per heavy atom. The lowest BCUT2D eigenvalue weighted by Crippen LogP contribution is -2.42. The predicted molar refractivity (Wildman–Crippen MR) is 75.2 cm³/mol. The summed E-state index contributed by atoms with van der Waals surface area (Å²) in [5, 5.41) is 3.48. The molecule has 19 heavy (non-hydrogen) atoms. The van der Waals surface area contributed by atoms with Crippen molar-refractivity contribution >= 4 is 17.3 Å². The van der Waals surface area contributed by atoms with E-state index in [2.05, 4.69) is 5.32 Å². The average Bonchev–Trinajstić information content (AvgIpc) is 2.83. The van der Waals surface area contributed by atoms with Crippen molar-refractivity contribution in [1.29, 1.82) is 0 Å². The van der Waals surface area contributed by atoms with E-state index in [1.54, 1.807) is 18.2 Å². The van der Waals surface area contributed by atoms with Crippen molar-refractivity contribution in [3.63, 3.8) is 0 Å². The minimum Gasteiger partial charge on any atom is -0.380 e. The van der Waals surface area contributed by atoms with Crippen molar-refractivity contribution in [2.24, 2.45) is 0 Å². The topological polar surface area (TPSA) is 21.3 Å². The van der Waals surface area contributed by atoms with E-state index in [0.29, 0.717) is 5.69 Å². The van der Waals surface area contributed by atoms with Gasteiger partial charge in [-0.25, -0.2) is 4.39 Å². The standard InChI is InChI=1S/C15H19ClFNO/c16-12-4-3-5-13(14(12)17)18-11-6-9-19-15(10-11)7-1-2-8-15/h3-5,11,18H,1-2,6-10H2. The number of ether oxygens (including phenoxy) is 1. The second-order valence-electron chi connectivity index (χ2n) is 5.67. The van der Waals surface area contributed by atoms with Crippen LogP contribution >= 0.6 is 11.6 Å². The monoisotopic (exact) mass is 283 g/mol. The molecule has 0 radical (unpaired) electrons. The highest BCUT2D eigenvalue weighted by Gasteiger charge is 2.39. The lowest BCUT2D eigenvalue weighted by molar-refractivity contribution is -0.0767. The van der Waals surface area contributed by atoms with E-state index in [4.69, 9.17) is 16.3 Å². The molecular formula is C15H19ClFNO. The Bertz CT molecular complexity index is 459. The fourth-order valence-corrected chi connectivity index (χ4v) is 3.53. The summed E-state index contributed by atoms with van der Waals surface area (Å²) in [5.41, 5.74) is 0.554. The molecule has 1 N–H and O–H groups in total. The molecule has 0 bridgehead atoms. The summed E-state index contributed by atoms with van der Waals surface area (Å²) in [6, 6.07) is 5.38. The third-order valence-electron chi connectivity index (χ3n) is 4.32. The molecule has 1 aliphatic heterocycles. The molecule has 1 atom stereocenters. The van der Waals surface area contributed by atoms with E-state index < -0.39 is 0 Å². The zero-order chi connectivity index (χ0) is 13.3. The molecular weight excluding hydrogens is 265 g/mol. The largest absolute Gasteiger partial charge is 0.380 e. The van der Waals surface area contributed by atoms with Gasteiger partial charge in [0, 0.05) is 12.6 Å². The van der Waals surface area contributed by atoms with E-state index in [9.17, 15) is 4.39 Å². The van der Waals surface area contributed by atoms with Gasteiger partial charge < -0.3 is 10.1 Å². The van der Waals surface area contributed by atoms with Crippen LogP contribution in [0.4, 0.5) is 10.1 Å². The number of halogens is 2. The van der Waals surface area contributed by atoms with Crippen LogP contribution in [0, 0.1) is 5.82 Å². The average molecular weight is 284 g/mol. The van der Waals surface area contributed by atoms with Gasteiger partial charge in [0.05, 0.1) is 16.3 Å². The first-order chi connectivity index (χ1) is 9.19. The molecule has 0 aromatic heterocycles. The number of rotatable bonds is 2. The Balaban J connectivity index is 1.71. The highest BCUT2D eigenvalue weighted by Crippen LogP contribution is 2.40. The first kappa shape index (κ1) is 13.2. The smallest absolute Gasteiger partial charge is 0.164 e. The van der Waals surface area contributed by atoms with Crippen LogP contribution in [-0.4, -0.2) is 18.2 Å². The summed E-state index contributed by atoms with van der Waals surface area (Å²) in [5.74, 6) is -0.351. The van der Waals surface area contributed by atoms with Gasteiger partial charge in [-0.2, -0.15) is 0 Å². The molecule has 1 spiro atoms. The number of hydrogen-bond acceptors (Lipinski definition) is 2. The van der Waals surface area contributed by atoms with Crippen LogP contribution in [0.15, 0.2) is 18.2 Å². The van der Waals surface area contributed by atoms with E-state index in [-0.39, 0.29) is 22.5 Å². The number of hydrogen-bond donors (Lipinski definition) is 1. The molecule has 1 aliphatic carbocycles. The van der Waals surface area contributed by atoms with Crippen LogP contribution in [0.25, 0.3) is 0 Å². The Hall–Kier alpha value is -0.800. The Labute approximate surface area is 118 Å². The maximum Gasteiger partial charge on any atom is 0.164 e. The summed E-state index contributed by atoms with van der Waals surface area (Å²) in [6.07, 6.45) is 6.68. The van der Waals surface area contributed by atoms with Crippen molar-refractivity contribution in [2.45, 2.75) is 50.2 Å². The lowest BCUT2D eigenvalue weighted by Gasteiger charge is -2.39. The van der Waals surface area contributed by atoms with Gasteiger partial charge in [-0.3, -0.25) is 0 Å². The molecule has 0 amide bonds. The molecule has 1 saturated heterocycles. The summed E-state index contributed by atoms with van der Waals surface area (Å²) < 4.78 is 19.9. The number of benzene rings is 1. The van der Waals surface area contributed by atoms with Gasteiger partial charge in [0.2, 0.25) is 0 Å². The fraction of sp³-hybridized carbons (Fsp3) is 0.600. The third kappa shape index (κ3) is 2.72. The van der Waals surface area contributed by atoms with Crippen LogP contribution in [0.3, 0.4) is 0 Å². The molecule has 4 heteroatoms. The first-order valence-electron chi connectivity index (χ1n) is 7.03. The molecule has 3 rings (SSSR count). The molecule has 1 unspecified atom stereocenters. The van der Waals surface area contributed by atoms with Gasteiger partial charge >= 0.3 is 0 Å². The SMILES string of the molecule is Fc1c(Cl)cccc1NC1CCOC2(CCCC2)C1. The predicted octanol–water partition coefficient (Wildman–Crippen LogP) is 4.38. The van der Waals surface area contributed by atoms with Crippen LogP contribution in [0.5, 0.6) is 0 Å². The van der Waals surface area contributed by atoms with Crippen molar-refractivity contribution in [3.8, 4) is 0 Å². The van der Waals surface area contributed by atoms with Crippen molar-refractivity contribution in [2.75, 3.05) is 11.9 Å². The maximum absolute atomic E-state index is 13.9. The molecule has 1 aromatic rings. The van der Waals surface area contributed by atoms with Gasteiger partial charge in [0.15, 0.2) is 5.82 Å². The van der Waals surface area contributed by atoms with Crippen LogP contribution in [0.2, 0.25) is 5.02 Å². The minimum absolute atomic E-state index is 0.0466. The summed E-state index contributed by atoms with van der Waals surface area (Å²) >= 11 is 5.81. The highest BCUT2D eigenvalue weighted by molar-refractivity contribution is 6.31. The lowest BCUT2D eigenvalue weighted by atomic mass is 9.89. The Kier molecular flexibility index (Phi) is 3.68. The highest BCUT2D eigenvalue weighted by atomic mass is 35.5. The third-order valence-corrected chi connectivity index (χ3v) is 4.61. The van der Waals surface area contributed by atoms with Crippen LogP contribution < -0.4 is 5.32 Å². The van der Waals surface area contributed by atoms with Crippen molar-refractivity contribution in [3.05, 3.63) is 29.0 Å². The molecule has 2 nitrogen and oxygen atoms in total. The number of anilines is 1. The zero-order valence-electron chi connectivity index (χ0n) is 10.9. The maximum atomic E-state index is 13.9. The second kappa shape index (κ2) is 5.29. The van der Waals surface area contributed by atoms with E-state index >= 15 is 0 Å².